The Morgan fingerprint density at radius 3 is 2.58 bits per heavy atom. The molecule has 5 heteroatoms. The molecule has 2 rings (SSSR count). The highest BCUT2D eigenvalue weighted by Gasteiger charge is 2.10. The molecule has 0 atom stereocenters. The van der Waals surface area contributed by atoms with Crippen molar-refractivity contribution < 1.29 is 0 Å². The molecular weight excluding hydrogens is 299 g/mol. The predicted octanol–water partition coefficient (Wildman–Crippen LogP) is 5.36. The van der Waals surface area contributed by atoms with Crippen molar-refractivity contribution in [2.45, 2.75) is 23.3 Å². The molecule has 100 valence electrons. The van der Waals surface area contributed by atoms with Gasteiger partial charge in [0.25, 0.3) is 0 Å². The Bertz CT molecular complexity index is 547. The maximum atomic E-state index is 6.19. The number of hydrogen-bond acceptors (Lipinski definition) is 3. The number of pyridine rings is 1. The summed E-state index contributed by atoms with van der Waals surface area (Å²) in [6, 6.07) is 11.7. The summed E-state index contributed by atoms with van der Waals surface area (Å²) in [6.07, 6.45) is 1.02. The van der Waals surface area contributed by atoms with E-state index in [4.69, 9.17) is 23.2 Å². The molecule has 2 aromatic rings. The number of anilines is 1. The molecule has 0 saturated heterocycles. The summed E-state index contributed by atoms with van der Waals surface area (Å²) in [5.74, 6) is 0.686. The number of benzene rings is 1. The molecule has 0 radical (unpaired) electrons. The lowest BCUT2D eigenvalue weighted by Crippen LogP contribution is -2.03. The number of halogens is 2. The molecule has 0 unspecified atom stereocenters. The lowest BCUT2D eigenvalue weighted by molar-refractivity contribution is 0.960. The Morgan fingerprint density at radius 1 is 1.16 bits per heavy atom. The fourth-order valence-electron chi connectivity index (χ4n) is 1.49. The van der Waals surface area contributed by atoms with Gasteiger partial charge < -0.3 is 5.32 Å². The first-order valence-electron chi connectivity index (χ1n) is 6.03. The monoisotopic (exact) mass is 312 g/mol. The van der Waals surface area contributed by atoms with Crippen LogP contribution in [0.5, 0.6) is 0 Å². The molecule has 0 aliphatic rings. The van der Waals surface area contributed by atoms with Crippen LogP contribution >= 0.6 is 35.0 Å². The smallest absolute Gasteiger partial charge is 0.146 e. The molecule has 0 aliphatic heterocycles. The molecule has 0 saturated carbocycles. The van der Waals surface area contributed by atoms with E-state index in [1.54, 1.807) is 6.07 Å². The summed E-state index contributed by atoms with van der Waals surface area (Å²) >= 11 is 13.8. The van der Waals surface area contributed by atoms with Crippen molar-refractivity contribution in [2.24, 2.45) is 0 Å². The molecule has 1 N–H and O–H groups in total. The number of nitrogens with zero attached hydrogens (tertiary/aromatic N) is 1. The lowest BCUT2D eigenvalue weighted by Gasteiger charge is -2.10. The van der Waals surface area contributed by atoms with E-state index in [0.29, 0.717) is 15.9 Å². The summed E-state index contributed by atoms with van der Waals surface area (Å²) in [6.45, 7) is 2.93. The molecule has 0 spiro atoms. The van der Waals surface area contributed by atoms with Crippen LogP contribution < -0.4 is 5.32 Å². The van der Waals surface area contributed by atoms with Gasteiger partial charge in [-0.2, -0.15) is 0 Å². The van der Waals surface area contributed by atoms with Crippen LogP contribution in [-0.4, -0.2) is 11.5 Å². The molecule has 0 fully saturated rings. The van der Waals surface area contributed by atoms with E-state index in [9.17, 15) is 0 Å². The zero-order chi connectivity index (χ0) is 13.7. The van der Waals surface area contributed by atoms with Gasteiger partial charge in [0.2, 0.25) is 0 Å². The fraction of sp³-hybridized carbons (Fsp3) is 0.214. The van der Waals surface area contributed by atoms with E-state index in [1.807, 2.05) is 30.3 Å². The normalized spacial score (nSPS) is 10.5. The van der Waals surface area contributed by atoms with Crippen LogP contribution in [0.2, 0.25) is 10.0 Å². The first-order chi connectivity index (χ1) is 9.20. The molecule has 1 heterocycles. The number of aromatic nitrogens is 1. The second-order valence-electron chi connectivity index (χ2n) is 3.95. The fourth-order valence-corrected chi connectivity index (χ4v) is 2.84. The zero-order valence-electron chi connectivity index (χ0n) is 10.5. The minimum Gasteiger partial charge on any atom is -0.369 e. The average Bonchev–Trinajstić information content (AvgIpc) is 2.42. The summed E-state index contributed by atoms with van der Waals surface area (Å²) in [7, 11) is 0. The van der Waals surface area contributed by atoms with E-state index in [-0.39, 0.29) is 0 Å². The van der Waals surface area contributed by atoms with Gasteiger partial charge in [0.15, 0.2) is 0 Å². The highest BCUT2D eigenvalue weighted by atomic mass is 35.5. The second kappa shape index (κ2) is 7.04. The highest BCUT2D eigenvalue weighted by Crippen LogP contribution is 2.35. The quantitative estimate of drug-likeness (QED) is 0.804. The molecule has 0 aliphatic carbocycles. The Morgan fingerprint density at radius 2 is 1.89 bits per heavy atom. The molecule has 0 bridgehead atoms. The van der Waals surface area contributed by atoms with E-state index in [1.165, 1.54) is 11.8 Å². The Labute approximate surface area is 127 Å². The van der Waals surface area contributed by atoms with Crippen molar-refractivity contribution in [3.63, 3.8) is 0 Å². The van der Waals surface area contributed by atoms with Gasteiger partial charge >= 0.3 is 0 Å². The minimum absolute atomic E-state index is 0.552. The standard InChI is InChI=1S/C14H14Cl2N2S/c1-2-8-17-13-11(15)9-12(16)14(18-13)19-10-6-4-3-5-7-10/h3-7,9H,2,8H2,1H3,(H,17,18). The predicted molar refractivity (Wildman–Crippen MR) is 83.6 cm³/mol. The second-order valence-corrected chi connectivity index (χ2v) is 5.82. The number of rotatable bonds is 5. The van der Waals surface area contributed by atoms with E-state index >= 15 is 0 Å². The van der Waals surface area contributed by atoms with Crippen LogP contribution in [0.1, 0.15) is 13.3 Å². The minimum atomic E-state index is 0.552. The molecule has 1 aromatic heterocycles. The van der Waals surface area contributed by atoms with Gasteiger partial charge in [-0.25, -0.2) is 4.98 Å². The van der Waals surface area contributed by atoms with E-state index in [2.05, 4.69) is 17.2 Å². The summed E-state index contributed by atoms with van der Waals surface area (Å²) < 4.78 is 0. The largest absolute Gasteiger partial charge is 0.369 e. The van der Waals surface area contributed by atoms with Crippen molar-refractivity contribution >= 4 is 40.8 Å². The van der Waals surface area contributed by atoms with Gasteiger partial charge in [-0.1, -0.05) is 60.1 Å². The number of hydrogen-bond donors (Lipinski definition) is 1. The molecule has 2 nitrogen and oxygen atoms in total. The maximum absolute atomic E-state index is 6.19. The molecule has 0 amide bonds. The maximum Gasteiger partial charge on any atom is 0.146 e. The van der Waals surface area contributed by atoms with Crippen LogP contribution in [0.4, 0.5) is 5.82 Å². The topological polar surface area (TPSA) is 24.9 Å². The van der Waals surface area contributed by atoms with Crippen molar-refractivity contribution in [2.75, 3.05) is 11.9 Å². The summed E-state index contributed by atoms with van der Waals surface area (Å²) in [5.41, 5.74) is 0. The first-order valence-corrected chi connectivity index (χ1v) is 7.60. The third-order valence-electron chi connectivity index (χ3n) is 2.40. The van der Waals surface area contributed by atoms with Gasteiger partial charge in [-0.3, -0.25) is 0 Å². The third kappa shape index (κ3) is 4.03. The average molecular weight is 313 g/mol. The van der Waals surface area contributed by atoms with Crippen molar-refractivity contribution in [1.82, 2.24) is 4.98 Å². The van der Waals surface area contributed by atoms with Gasteiger partial charge in [-0.15, -0.1) is 0 Å². The van der Waals surface area contributed by atoms with Gasteiger partial charge in [0, 0.05) is 11.4 Å². The first kappa shape index (κ1) is 14.5. The zero-order valence-corrected chi connectivity index (χ0v) is 12.8. The van der Waals surface area contributed by atoms with Crippen LogP contribution in [0.15, 0.2) is 46.3 Å². The summed E-state index contributed by atoms with van der Waals surface area (Å²) in [5, 5.41) is 5.08. The van der Waals surface area contributed by atoms with Gasteiger partial charge in [0.05, 0.1) is 10.0 Å². The van der Waals surface area contributed by atoms with E-state index < -0.39 is 0 Å². The summed E-state index contributed by atoms with van der Waals surface area (Å²) in [4.78, 5) is 5.59. The number of nitrogens with one attached hydrogen (secondary N) is 1. The SMILES string of the molecule is CCCNc1nc(Sc2ccccc2)c(Cl)cc1Cl. The Kier molecular flexibility index (Phi) is 5.37. The lowest BCUT2D eigenvalue weighted by atomic mass is 10.4. The van der Waals surface area contributed by atoms with Crippen LogP contribution in [0, 0.1) is 0 Å². The van der Waals surface area contributed by atoms with Crippen molar-refractivity contribution in [3.05, 3.63) is 46.4 Å². The van der Waals surface area contributed by atoms with Crippen LogP contribution in [0.25, 0.3) is 0 Å². The third-order valence-corrected chi connectivity index (χ3v) is 4.10. The van der Waals surface area contributed by atoms with Gasteiger partial charge in [-0.05, 0) is 24.6 Å². The Balaban J connectivity index is 2.24. The van der Waals surface area contributed by atoms with E-state index in [0.717, 1.165) is 22.9 Å². The van der Waals surface area contributed by atoms with Crippen molar-refractivity contribution in [3.8, 4) is 0 Å². The van der Waals surface area contributed by atoms with Crippen LogP contribution in [-0.2, 0) is 0 Å². The highest BCUT2D eigenvalue weighted by molar-refractivity contribution is 7.99. The Hall–Kier alpha value is -0.900. The molecule has 1 aromatic carbocycles. The molecule has 19 heavy (non-hydrogen) atoms. The molecular formula is C14H14Cl2N2S. The van der Waals surface area contributed by atoms with Crippen LogP contribution in [0.3, 0.4) is 0 Å². The van der Waals surface area contributed by atoms with Crippen molar-refractivity contribution in [1.29, 1.82) is 0 Å². The van der Waals surface area contributed by atoms with Gasteiger partial charge in [0.1, 0.15) is 10.8 Å².